The van der Waals surface area contributed by atoms with Crippen LogP contribution in [-0.2, 0) is 0 Å². The number of anilines is 1. The highest BCUT2D eigenvalue weighted by Gasteiger charge is 2.18. The summed E-state index contributed by atoms with van der Waals surface area (Å²) in [6.45, 7) is 4.81. The Morgan fingerprint density at radius 1 is 1.40 bits per heavy atom. The molecule has 0 saturated carbocycles. The van der Waals surface area contributed by atoms with E-state index < -0.39 is 12.2 Å². The first kappa shape index (κ1) is 14.1. The SMILES string of the molecule is CCN(CC(C)C#N)c1ccc2nnc(C(F)F)n2n1. The van der Waals surface area contributed by atoms with Gasteiger partial charge in [0.25, 0.3) is 6.43 Å². The third-order valence-corrected chi connectivity index (χ3v) is 2.89. The zero-order valence-corrected chi connectivity index (χ0v) is 11.2. The first-order valence-electron chi connectivity index (χ1n) is 6.21. The van der Waals surface area contributed by atoms with Gasteiger partial charge in [0.05, 0.1) is 12.0 Å². The Labute approximate surface area is 114 Å². The van der Waals surface area contributed by atoms with Crippen LogP contribution in [0.3, 0.4) is 0 Å². The van der Waals surface area contributed by atoms with E-state index in [9.17, 15) is 8.78 Å². The lowest BCUT2D eigenvalue weighted by Gasteiger charge is -2.22. The molecule has 0 fully saturated rings. The largest absolute Gasteiger partial charge is 0.354 e. The van der Waals surface area contributed by atoms with Crippen LogP contribution in [0.5, 0.6) is 0 Å². The van der Waals surface area contributed by atoms with Gasteiger partial charge in [0.1, 0.15) is 5.82 Å². The molecule has 0 bridgehead atoms. The molecule has 0 aromatic carbocycles. The summed E-state index contributed by atoms with van der Waals surface area (Å²) in [5.74, 6) is -0.141. The average molecular weight is 280 g/mol. The number of aromatic nitrogens is 4. The fourth-order valence-electron chi connectivity index (χ4n) is 1.86. The molecule has 0 amide bonds. The lowest BCUT2D eigenvalue weighted by atomic mass is 10.2. The van der Waals surface area contributed by atoms with Crippen molar-refractivity contribution < 1.29 is 8.78 Å². The number of rotatable bonds is 5. The predicted molar refractivity (Wildman–Crippen MR) is 68.4 cm³/mol. The molecule has 0 aliphatic carbocycles. The number of alkyl halides is 2. The van der Waals surface area contributed by atoms with E-state index in [4.69, 9.17) is 5.26 Å². The molecule has 2 aromatic rings. The van der Waals surface area contributed by atoms with Crippen molar-refractivity contribution in [2.75, 3.05) is 18.0 Å². The van der Waals surface area contributed by atoms with Gasteiger partial charge in [-0.15, -0.1) is 15.3 Å². The fraction of sp³-hybridized carbons (Fsp3) is 0.500. The molecule has 6 nitrogen and oxygen atoms in total. The third kappa shape index (κ3) is 2.66. The standard InChI is InChI=1S/C12H14F2N6/c1-3-19(7-8(2)6-15)10-5-4-9-16-17-12(11(13)14)20(9)18-10/h4-5,8,11H,3,7H2,1-2H3. The van der Waals surface area contributed by atoms with Gasteiger partial charge in [-0.2, -0.15) is 9.78 Å². The van der Waals surface area contributed by atoms with E-state index in [1.165, 1.54) is 0 Å². The van der Waals surface area contributed by atoms with Crippen LogP contribution in [0.2, 0.25) is 0 Å². The zero-order chi connectivity index (χ0) is 14.7. The van der Waals surface area contributed by atoms with E-state index in [0.717, 1.165) is 4.52 Å². The van der Waals surface area contributed by atoms with E-state index in [1.807, 2.05) is 11.8 Å². The Bertz CT molecular complexity index is 632. The van der Waals surface area contributed by atoms with E-state index in [1.54, 1.807) is 19.1 Å². The van der Waals surface area contributed by atoms with Crippen LogP contribution in [0.15, 0.2) is 12.1 Å². The fourth-order valence-corrected chi connectivity index (χ4v) is 1.86. The van der Waals surface area contributed by atoms with Gasteiger partial charge in [0.15, 0.2) is 5.65 Å². The topological polar surface area (TPSA) is 70.1 Å². The van der Waals surface area contributed by atoms with Gasteiger partial charge < -0.3 is 4.90 Å². The van der Waals surface area contributed by atoms with Crippen molar-refractivity contribution in [1.82, 2.24) is 19.8 Å². The second-order valence-electron chi connectivity index (χ2n) is 4.39. The maximum Gasteiger partial charge on any atom is 0.299 e. The van der Waals surface area contributed by atoms with Crippen molar-refractivity contribution in [2.45, 2.75) is 20.3 Å². The molecule has 8 heteroatoms. The number of halogens is 2. The average Bonchev–Trinajstić information content (AvgIpc) is 2.87. The van der Waals surface area contributed by atoms with E-state index in [-0.39, 0.29) is 11.6 Å². The van der Waals surface area contributed by atoms with Crippen LogP contribution < -0.4 is 4.90 Å². The van der Waals surface area contributed by atoms with Crippen LogP contribution in [0.25, 0.3) is 5.65 Å². The Hall–Kier alpha value is -2.30. The maximum absolute atomic E-state index is 12.8. The smallest absolute Gasteiger partial charge is 0.299 e. The number of nitrogens with zero attached hydrogens (tertiary/aromatic N) is 6. The zero-order valence-electron chi connectivity index (χ0n) is 11.2. The summed E-state index contributed by atoms with van der Waals surface area (Å²) in [5, 5.41) is 20.1. The summed E-state index contributed by atoms with van der Waals surface area (Å²) in [4.78, 5) is 1.85. The predicted octanol–water partition coefficient (Wildman–Crippen LogP) is 2.05. The molecule has 1 unspecified atom stereocenters. The lowest BCUT2D eigenvalue weighted by Crippen LogP contribution is -2.29. The Balaban J connectivity index is 2.38. The molecule has 0 N–H and O–H groups in total. The van der Waals surface area contributed by atoms with Gasteiger partial charge in [0.2, 0.25) is 5.82 Å². The normalized spacial score (nSPS) is 12.6. The molecule has 1 atom stereocenters. The molecular formula is C12H14F2N6. The van der Waals surface area contributed by atoms with Gasteiger partial charge in [-0.05, 0) is 26.0 Å². The quantitative estimate of drug-likeness (QED) is 0.838. The second kappa shape index (κ2) is 5.77. The molecule has 2 heterocycles. The van der Waals surface area contributed by atoms with Gasteiger partial charge in [0, 0.05) is 13.1 Å². The molecule has 2 rings (SSSR count). The van der Waals surface area contributed by atoms with Crippen molar-refractivity contribution in [3.63, 3.8) is 0 Å². The van der Waals surface area contributed by atoms with Crippen LogP contribution in [0.1, 0.15) is 26.1 Å². The Morgan fingerprint density at radius 2 is 2.15 bits per heavy atom. The van der Waals surface area contributed by atoms with Crippen molar-refractivity contribution in [1.29, 1.82) is 5.26 Å². The number of nitriles is 1. The maximum atomic E-state index is 12.8. The van der Waals surface area contributed by atoms with Crippen LogP contribution >= 0.6 is 0 Å². The van der Waals surface area contributed by atoms with Crippen LogP contribution in [0.4, 0.5) is 14.6 Å². The van der Waals surface area contributed by atoms with Crippen molar-refractivity contribution >= 4 is 11.5 Å². The highest BCUT2D eigenvalue weighted by atomic mass is 19.3. The van der Waals surface area contributed by atoms with Crippen LogP contribution in [-0.4, -0.2) is 32.9 Å². The van der Waals surface area contributed by atoms with Crippen LogP contribution in [0, 0.1) is 17.2 Å². The Kier molecular flexibility index (Phi) is 4.08. The third-order valence-electron chi connectivity index (χ3n) is 2.89. The molecule has 0 spiro atoms. The number of hydrogen-bond donors (Lipinski definition) is 0. The minimum Gasteiger partial charge on any atom is -0.354 e. The van der Waals surface area contributed by atoms with E-state index >= 15 is 0 Å². The summed E-state index contributed by atoms with van der Waals surface area (Å²) in [5.41, 5.74) is 0.272. The van der Waals surface area contributed by atoms with Crippen molar-refractivity contribution in [2.24, 2.45) is 5.92 Å². The molecule has 0 aliphatic rings. The summed E-state index contributed by atoms with van der Waals surface area (Å²) in [7, 11) is 0. The summed E-state index contributed by atoms with van der Waals surface area (Å²) in [6.07, 6.45) is -2.74. The van der Waals surface area contributed by atoms with Gasteiger partial charge in [-0.1, -0.05) is 0 Å². The summed E-state index contributed by atoms with van der Waals surface area (Å²) < 4.78 is 26.6. The highest BCUT2D eigenvalue weighted by Crippen LogP contribution is 2.19. The first-order valence-corrected chi connectivity index (χ1v) is 6.21. The first-order chi connectivity index (χ1) is 9.56. The van der Waals surface area contributed by atoms with Crippen molar-refractivity contribution in [3.8, 4) is 6.07 Å². The van der Waals surface area contributed by atoms with E-state index in [0.29, 0.717) is 18.9 Å². The van der Waals surface area contributed by atoms with Gasteiger partial charge in [-0.3, -0.25) is 0 Å². The minimum atomic E-state index is -2.74. The number of hydrogen-bond acceptors (Lipinski definition) is 5. The molecule has 0 saturated heterocycles. The molecule has 2 aromatic heterocycles. The minimum absolute atomic E-state index is 0.178. The molecule has 0 aliphatic heterocycles. The highest BCUT2D eigenvalue weighted by molar-refractivity contribution is 5.46. The Morgan fingerprint density at radius 3 is 2.75 bits per heavy atom. The number of fused-ring (bicyclic) bond motifs is 1. The molecule has 20 heavy (non-hydrogen) atoms. The monoisotopic (exact) mass is 280 g/mol. The second-order valence-corrected chi connectivity index (χ2v) is 4.39. The molecular weight excluding hydrogens is 266 g/mol. The summed E-state index contributed by atoms with van der Waals surface area (Å²) in [6, 6.07) is 5.41. The molecule has 0 radical (unpaired) electrons. The van der Waals surface area contributed by atoms with Gasteiger partial charge in [-0.25, -0.2) is 8.78 Å². The van der Waals surface area contributed by atoms with Gasteiger partial charge >= 0.3 is 0 Å². The molecule has 106 valence electrons. The summed E-state index contributed by atoms with van der Waals surface area (Å²) >= 11 is 0. The lowest BCUT2D eigenvalue weighted by molar-refractivity contribution is 0.137. The van der Waals surface area contributed by atoms with E-state index in [2.05, 4.69) is 21.4 Å². The van der Waals surface area contributed by atoms with Crippen molar-refractivity contribution in [3.05, 3.63) is 18.0 Å².